The average Bonchev–Trinajstić information content (AvgIpc) is 3.10. The van der Waals surface area contributed by atoms with E-state index in [-0.39, 0.29) is 29.4 Å². The molecule has 0 spiro atoms. The van der Waals surface area contributed by atoms with Crippen molar-refractivity contribution in [1.82, 2.24) is 10.2 Å². The van der Waals surface area contributed by atoms with Crippen LogP contribution in [-0.4, -0.2) is 56.4 Å². The van der Waals surface area contributed by atoms with Gasteiger partial charge in [-0.15, -0.1) is 0 Å². The molecule has 1 aliphatic rings. The molecular formula is C16H19ClF3N3O4. The van der Waals surface area contributed by atoms with Crippen molar-refractivity contribution in [2.24, 2.45) is 0 Å². The third-order valence-corrected chi connectivity index (χ3v) is 4.29. The third-order valence-electron chi connectivity index (χ3n) is 3.99. The maximum Gasteiger partial charge on any atom is 0.405 e. The lowest BCUT2D eigenvalue weighted by Gasteiger charge is -2.25. The molecule has 7 nitrogen and oxygen atoms in total. The first kappa shape index (κ1) is 20.9. The Labute approximate surface area is 158 Å². The Morgan fingerprint density at radius 3 is 2.52 bits per heavy atom. The van der Waals surface area contributed by atoms with Crippen molar-refractivity contribution in [1.29, 1.82) is 0 Å². The molecule has 2 rings (SSSR count). The number of rotatable bonds is 5. The van der Waals surface area contributed by atoms with Gasteiger partial charge in [-0.3, -0.25) is 4.79 Å². The smallest absolute Gasteiger partial charge is 0.405 e. The summed E-state index contributed by atoms with van der Waals surface area (Å²) in [6.07, 6.45) is -3.74. The first-order valence-corrected chi connectivity index (χ1v) is 8.37. The highest BCUT2D eigenvalue weighted by Gasteiger charge is 2.36. The minimum atomic E-state index is -4.52. The second kappa shape index (κ2) is 8.55. The van der Waals surface area contributed by atoms with Crippen LogP contribution in [0.5, 0.6) is 11.5 Å². The molecule has 11 heteroatoms. The Kier molecular flexibility index (Phi) is 6.63. The van der Waals surface area contributed by atoms with Crippen molar-refractivity contribution in [2.45, 2.75) is 25.1 Å². The summed E-state index contributed by atoms with van der Waals surface area (Å²) >= 11 is 6.01. The van der Waals surface area contributed by atoms with Crippen LogP contribution in [0.4, 0.5) is 23.7 Å². The van der Waals surface area contributed by atoms with Crippen LogP contribution in [0.25, 0.3) is 0 Å². The highest BCUT2D eigenvalue weighted by Crippen LogP contribution is 2.36. The van der Waals surface area contributed by atoms with Crippen molar-refractivity contribution in [3.63, 3.8) is 0 Å². The van der Waals surface area contributed by atoms with Crippen molar-refractivity contribution in [3.8, 4) is 11.5 Å². The number of likely N-dealkylation sites (tertiary alicyclic amines) is 1. The van der Waals surface area contributed by atoms with Crippen LogP contribution in [0, 0.1) is 0 Å². The molecule has 1 saturated heterocycles. The van der Waals surface area contributed by atoms with E-state index in [0.29, 0.717) is 12.2 Å². The van der Waals surface area contributed by atoms with Gasteiger partial charge in [0, 0.05) is 18.7 Å². The number of benzene rings is 1. The zero-order chi connectivity index (χ0) is 20.2. The van der Waals surface area contributed by atoms with Gasteiger partial charge < -0.3 is 25.0 Å². The van der Waals surface area contributed by atoms with Crippen LogP contribution in [0.2, 0.25) is 5.02 Å². The number of carbonyl (C=O) groups is 2. The molecule has 0 radical (unpaired) electrons. The predicted molar refractivity (Wildman–Crippen MR) is 92.4 cm³/mol. The van der Waals surface area contributed by atoms with Gasteiger partial charge in [0.15, 0.2) is 0 Å². The molecule has 1 fully saturated rings. The Morgan fingerprint density at radius 2 is 1.93 bits per heavy atom. The van der Waals surface area contributed by atoms with E-state index in [1.165, 1.54) is 31.3 Å². The van der Waals surface area contributed by atoms with E-state index in [9.17, 15) is 22.8 Å². The first-order chi connectivity index (χ1) is 12.7. The number of nitrogens with zero attached hydrogens (tertiary/aromatic N) is 1. The van der Waals surface area contributed by atoms with Crippen LogP contribution in [0.15, 0.2) is 12.1 Å². The highest BCUT2D eigenvalue weighted by atomic mass is 35.5. The zero-order valence-electron chi connectivity index (χ0n) is 14.7. The fraction of sp³-hybridized carbons (Fsp3) is 0.500. The van der Waals surface area contributed by atoms with Crippen LogP contribution in [0.3, 0.4) is 0 Å². The number of nitrogens with one attached hydrogen (secondary N) is 2. The van der Waals surface area contributed by atoms with E-state index in [2.05, 4.69) is 5.32 Å². The maximum absolute atomic E-state index is 12.6. The number of carbonyl (C=O) groups excluding carboxylic acids is 2. The molecule has 150 valence electrons. The highest BCUT2D eigenvalue weighted by molar-refractivity contribution is 6.32. The van der Waals surface area contributed by atoms with Gasteiger partial charge in [0.05, 0.1) is 24.9 Å². The lowest BCUT2D eigenvalue weighted by Crippen LogP contribution is -2.49. The van der Waals surface area contributed by atoms with E-state index in [4.69, 9.17) is 21.1 Å². The molecule has 27 heavy (non-hydrogen) atoms. The number of ether oxygens (including phenoxy) is 2. The number of amides is 3. The number of halogens is 4. The van der Waals surface area contributed by atoms with Crippen LogP contribution >= 0.6 is 11.6 Å². The van der Waals surface area contributed by atoms with E-state index >= 15 is 0 Å². The third kappa shape index (κ3) is 5.31. The average molecular weight is 410 g/mol. The van der Waals surface area contributed by atoms with Gasteiger partial charge >= 0.3 is 12.2 Å². The first-order valence-electron chi connectivity index (χ1n) is 8.00. The largest absolute Gasteiger partial charge is 0.495 e. The topological polar surface area (TPSA) is 79.9 Å². The molecule has 3 amide bonds. The van der Waals surface area contributed by atoms with E-state index < -0.39 is 30.7 Å². The molecule has 1 atom stereocenters. The second-order valence-corrected chi connectivity index (χ2v) is 6.21. The zero-order valence-corrected chi connectivity index (χ0v) is 15.4. The SMILES string of the molecule is COc1cc(NC(=O)N2CCCC2C(=O)NCC(F)(F)F)c(OC)cc1Cl. The van der Waals surface area contributed by atoms with Gasteiger partial charge in [-0.25, -0.2) is 4.79 Å². The van der Waals surface area contributed by atoms with Gasteiger partial charge in [0.1, 0.15) is 24.1 Å². The fourth-order valence-corrected chi connectivity index (χ4v) is 2.96. The molecule has 1 unspecified atom stereocenters. The summed E-state index contributed by atoms with van der Waals surface area (Å²) in [5, 5.41) is 4.67. The lowest BCUT2D eigenvalue weighted by molar-refractivity contribution is -0.140. The quantitative estimate of drug-likeness (QED) is 0.783. The summed E-state index contributed by atoms with van der Waals surface area (Å²) in [5.41, 5.74) is 0.255. The Morgan fingerprint density at radius 1 is 1.26 bits per heavy atom. The van der Waals surface area contributed by atoms with Gasteiger partial charge in [0.2, 0.25) is 5.91 Å². The molecule has 0 saturated carbocycles. The number of alkyl halides is 3. The minimum absolute atomic E-state index is 0.239. The van der Waals surface area contributed by atoms with Crippen molar-refractivity contribution in [2.75, 3.05) is 32.6 Å². The van der Waals surface area contributed by atoms with Gasteiger partial charge in [0.25, 0.3) is 0 Å². The monoisotopic (exact) mass is 409 g/mol. The van der Waals surface area contributed by atoms with E-state index in [1.54, 1.807) is 0 Å². The van der Waals surface area contributed by atoms with Crippen molar-refractivity contribution >= 4 is 29.2 Å². The van der Waals surface area contributed by atoms with Gasteiger partial charge in [-0.05, 0) is 12.8 Å². The number of hydrogen-bond acceptors (Lipinski definition) is 4. The molecule has 0 bridgehead atoms. The lowest BCUT2D eigenvalue weighted by atomic mass is 10.2. The Balaban J connectivity index is 2.11. The minimum Gasteiger partial charge on any atom is -0.495 e. The standard InChI is InChI=1S/C16H19ClF3N3O4/c1-26-12-7-10(13(27-2)6-9(12)17)22-15(25)23-5-3-4-11(23)14(24)21-8-16(18,19)20/h6-7,11H,3-5,8H2,1-2H3,(H,21,24)(H,22,25). The molecule has 0 aliphatic carbocycles. The molecule has 1 heterocycles. The van der Waals surface area contributed by atoms with Crippen molar-refractivity contribution < 1.29 is 32.2 Å². The summed E-state index contributed by atoms with van der Waals surface area (Å²) in [5.74, 6) is -0.277. The number of methoxy groups -OCH3 is 2. The second-order valence-electron chi connectivity index (χ2n) is 5.80. The van der Waals surface area contributed by atoms with Crippen LogP contribution < -0.4 is 20.1 Å². The summed E-state index contributed by atoms with van der Waals surface area (Å²) in [6.45, 7) is -1.21. The molecule has 2 N–H and O–H groups in total. The maximum atomic E-state index is 12.6. The molecule has 1 aromatic rings. The van der Waals surface area contributed by atoms with Gasteiger partial charge in [-0.1, -0.05) is 11.6 Å². The van der Waals surface area contributed by atoms with Crippen LogP contribution in [0.1, 0.15) is 12.8 Å². The summed E-state index contributed by atoms with van der Waals surface area (Å²) < 4.78 is 47.1. The van der Waals surface area contributed by atoms with Crippen molar-refractivity contribution in [3.05, 3.63) is 17.2 Å². The molecule has 1 aliphatic heterocycles. The summed E-state index contributed by atoms with van der Waals surface area (Å²) in [4.78, 5) is 25.8. The molecule has 0 aromatic heterocycles. The predicted octanol–water partition coefficient (Wildman–Crippen LogP) is 3.03. The van der Waals surface area contributed by atoms with Gasteiger partial charge in [-0.2, -0.15) is 13.2 Å². The Bertz CT molecular complexity index is 715. The summed E-state index contributed by atoms with van der Waals surface area (Å²) in [6, 6.07) is 1.29. The molecular weight excluding hydrogens is 391 g/mol. The normalized spacial score (nSPS) is 16.8. The number of urea groups is 1. The van der Waals surface area contributed by atoms with Crippen LogP contribution in [-0.2, 0) is 4.79 Å². The molecule has 1 aromatic carbocycles. The summed E-state index contributed by atoms with van der Waals surface area (Å²) in [7, 11) is 2.79. The fourth-order valence-electron chi connectivity index (χ4n) is 2.73. The van der Waals surface area contributed by atoms with E-state index in [1.807, 2.05) is 5.32 Å². The van der Waals surface area contributed by atoms with E-state index in [0.717, 1.165) is 0 Å². The number of anilines is 1. The number of hydrogen-bond donors (Lipinski definition) is 2. The Hall–Kier alpha value is -2.36.